The van der Waals surface area contributed by atoms with Crippen molar-refractivity contribution >= 4 is 12.1 Å². The molecule has 1 aliphatic heterocycles. The second-order valence-corrected chi connectivity index (χ2v) is 6.99. The Morgan fingerprint density at radius 3 is 2.54 bits per heavy atom. The lowest BCUT2D eigenvalue weighted by Crippen LogP contribution is -2.50. The minimum atomic E-state index is -0.676. The van der Waals surface area contributed by atoms with Gasteiger partial charge >= 0.3 is 12.1 Å². The fraction of sp³-hybridized carbons (Fsp3) is 0.474. The van der Waals surface area contributed by atoms with Crippen molar-refractivity contribution in [3.05, 3.63) is 48.0 Å². The average Bonchev–Trinajstić information content (AvgIpc) is 2.51. The van der Waals surface area contributed by atoms with E-state index < -0.39 is 23.7 Å². The minimum Gasteiger partial charge on any atom is -0.459 e. The molecule has 1 amide bonds. The maximum absolute atomic E-state index is 12.5. The summed E-state index contributed by atoms with van der Waals surface area (Å²) in [6.07, 6.45) is 0.589. The largest absolute Gasteiger partial charge is 0.459 e. The molecule has 1 heterocycles. The lowest BCUT2D eigenvalue weighted by atomic mass is 9.98. The van der Waals surface area contributed by atoms with Gasteiger partial charge in [-0.3, -0.25) is 4.90 Å². The van der Waals surface area contributed by atoms with Crippen LogP contribution in [0.3, 0.4) is 0 Å². The summed E-state index contributed by atoms with van der Waals surface area (Å²) in [7, 11) is 0. The molecule has 1 saturated heterocycles. The van der Waals surface area contributed by atoms with Crippen molar-refractivity contribution in [2.24, 2.45) is 0 Å². The number of esters is 1. The molecule has 0 bridgehead atoms. The highest BCUT2D eigenvalue weighted by Gasteiger charge is 2.36. The average molecular weight is 331 g/mol. The summed E-state index contributed by atoms with van der Waals surface area (Å²) in [6, 6.07) is 8.78. The number of carbonyl (C=O) groups is 2. The van der Waals surface area contributed by atoms with E-state index in [0.29, 0.717) is 19.4 Å². The van der Waals surface area contributed by atoms with E-state index in [1.165, 1.54) is 4.90 Å². The summed E-state index contributed by atoms with van der Waals surface area (Å²) in [5.41, 5.74) is 1.24. The number of piperidine rings is 1. The number of hydrogen-bond acceptors (Lipinski definition) is 4. The molecule has 0 N–H and O–H groups in total. The van der Waals surface area contributed by atoms with E-state index in [2.05, 4.69) is 6.58 Å². The normalized spacial score (nSPS) is 18.2. The van der Waals surface area contributed by atoms with E-state index >= 15 is 0 Å². The van der Waals surface area contributed by atoms with Gasteiger partial charge in [0.1, 0.15) is 18.2 Å². The molecule has 1 aromatic rings. The van der Waals surface area contributed by atoms with Crippen LogP contribution in [0.5, 0.6) is 0 Å². The van der Waals surface area contributed by atoms with Crippen molar-refractivity contribution in [3.63, 3.8) is 0 Å². The van der Waals surface area contributed by atoms with Gasteiger partial charge in [-0.15, -0.1) is 0 Å². The highest BCUT2D eigenvalue weighted by molar-refractivity contribution is 5.82. The molecule has 1 aromatic carbocycles. The molecule has 0 saturated carbocycles. The first-order valence-electron chi connectivity index (χ1n) is 8.13. The Kier molecular flexibility index (Phi) is 5.65. The molecule has 1 fully saturated rings. The number of amides is 1. The first-order chi connectivity index (χ1) is 11.3. The molecule has 0 unspecified atom stereocenters. The van der Waals surface area contributed by atoms with Gasteiger partial charge in [-0.05, 0) is 39.2 Å². The van der Waals surface area contributed by atoms with Crippen LogP contribution in [0, 0.1) is 0 Å². The Balaban J connectivity index is 2.03. The fourth-order valence-electron chi connectivity index (χ4n) is 2.49. The molecule has 0 spiro atoms. The number of carbonyl (C=O) groups excluding carboxylic acids is 2. The third kappa shape index (κ3) is 5.11. The van der Waals surface area contributed by atoms with Crippen LogP contribution in [0.25, 0.3) is 0 Å². The zero-order chi connectivity index (χ0) is 17.7. The molecular weight excluding hydrogens is 306 g/mol. The molecule has 0 radical (unpaired) electrons. The third-order valence-electron chi connectivity index (χ3n) is 3.69. The van der Waals surface area contributed by atoms with E-state index in [9.17, 15) is 9.59 Å². The lowest BCUT2D eigenvalue weighted by molar-refractivity contribution is -0.151. The van der Waals surface area contributed by atoms with E-state index in [-0.39, 0.29) is 6.61 Å². The second-order valence-electron chi connectivity index (χ2n) is 6.99. The summed E-state index contributed by atoms with van der Waals surface area (Å²) in [6.45, 7) is 9.95. The molecule has 24 heavy (non-hydrogen) atoms. The zero-order valence-corrected chi connectivity index (χ0v) is 14.6. The summed E-state index contributed by atoms with van der Waals surface area (Å²) < 4.78 is 10.8. The highest BCUT2D eigenvalue weighted by atomic mass is 16.6. The Bertz CT molecular complexity index is 604. The number of hydrogen-bond donors (Lipinski definition) is 0. The van der Waals surface area contributed by atoms with Crippen LogP contribution in [0.2, 0.25) is 0 Å². The van der Waals surface area contributed by atoms with Gasteiger partial charge < -0.3 is 9.47 Å². The van der Waals surface area contributed by atoms with E-state index in [1.807, 2.05) is 30.3 Å². The Hall–Kier alpha value is -2.30. The minimum absolute atomic E-state index is 0.185. The van der Waals surface area contributed by atoms with Crippen molar-refractivity contribution in [1.82, 2.24) is 4.90 Å². The van der Waals surface area contributed by atoms with Crippen molar-refractivity contribution in [2.75, 3.05) is 6.54 Å². The van der Waals surface area contributed by atoms with Crippen LogP contribution in [-0.2, 0) is 20.9 Å². The van der Waals surface area contributed by atoms with Crippen LogP contribution in [-0.4, -0.2) is 35.2 Å². The third-order valence-corrected chi connectivity index (χ3v) is 3.69. The Morgan fingerprint density at radius 1 is 1.25 bits per heavy atom. The molecular formula is C19H25NO4. The molecule has 1 aliphatic rings. The predicted molar refractivity (Wildman–Crippen MR) is 91.3 cm³/mol. The van der Waals surface area contributed by atoms with Gasteiger partial charge in [-0.1, -0.05) is 42.5 Å². The van der Waals surface area contributed by atoms with Gasteiger partial charge in [0.15, 0.2) is 0 Å². The van der Waals surface area contributed by atoms with Crippen LogP contribution < -0.4 is 0 Å². The van der Waals surface area contributed by atoms with Gasteiger partial charge in [0.25, 0.3) is 0 Å². The van der Waals surface area contributed by atoms with Crippen LogP contribution >= 0.6 is 0 Å². The van der Waals surface area contributed by atoms with Crippen LogP contribution in [0.1, 0.15) is 39.2 Å². The van der Waals surface area contributed by atoms with Crippen molar-refractivity contribution < 1.29 is 19.1 Å². The van der Waals surface area contributed by atoms with Gasteiger partial charge in [0, 0.05) is 6.54 Å². The van der Waals surface area contributed by atoms with Crippen LogP contribution in [0.4, 0.5) is 4.79 Å². The fourth-order valence-corrected chi connectivity index (χ4v) is 2.49. The summed E-state index contributed by atoms with van der Waals surface area (Å²) in [4.78, 5) is 26.3. The second kappa shape index (κ2) is 7.51. The number of nitrogens with zero attached hydrogens (tertiary/aromatic N) is 1. The monoisotopic (exact) mass is 331 g/mol. The summed E-state index contributed by atoms with van der Waals surface area (Å²) >= 11 is 0. The number of benzene rings is 1. The van der Waals surface area contributed by atoms with Gasteiger partial charge in [0.2, 0.25) is 0 Å². The zero-order valence-electron chi connectivity index (χ0n) is 14.6. The van der Waals surface area contributed by atoms with Crippen molar-refractivity contribution in [1.29, 1.82) is 0 Å². The highest BCUT2D eigenvalue weighted by Crippen LogP contribution is 2.24. The molecule has 5 heteroatoms. The smallest absolute Gasteiger partial charge is 0.411 e. The number of likely N-dealkylation sites (tertiary alicyclic amines) is 1. The predicted octanol–water partition coefficient (Wildman–Crippen LogP) is 3.69. The quantitative estimate of drug-likeness (QED) is 0.626. The van der Waals surface area contributed by atoms with E-state index in [1.54, 1.807) is 20.8 Å². The molecule has 5 nitrogen and oxygen atoms in total. The van der Waals surface area contributed by atoms with E-state index in [0.717, 1.165) is 11.1 Å². The summed E-state index contributed by atoms with van der Waals surface area (Å²) in [5.74, 6) is -0.425. The maximum Gasteiger partial charge on any atom is 0.411 e. The van der Waals surface area contributed by atoms with Gasteiger partial charge in [-0.25, -0.2) is 9.59 Å². The Labute approximate surface area is 143 Å². The topological polar surface area (TPSA) is 55.8 Å². The number of rotatable bonds is 3. The number of ether oxygens (including phenoxy) is 2. The van der Waals surface area contributed by atoms with E-state index in [4.69, 9.17) is 9.47 Å². The Morgan fingerprint density at radius 2 is 1.92 bits per heavy atom. The molecule has 0 aliphatic carbocycles. The van der Waals surface area contributed by atoms with Crippen molar-refractivity contribution in [3.8, 4) is 0 Å². The molecule has 1 atom stereocenters. The molecule has 2 rings (SSSR count). The standard InChI is InChI=1S/C19H25NO4/c1-14-10-11-20(18(22)24-19(2,3)4)16(12-14)17(21)23-13-15-8-6-5-7-9-15/h5-9,16H,1,10-13H2,2-4H3/t16-/m1/s1. The first-order valence-corrected chi connectivity index (χ1v) is 8.13. The molecule has 130 valence electrons. The van der Waals surface area contributed by atoms with Crippen molar-refractivity contribution in [2.45, 2.75) is 51.9 Å². The van der Waals surface area contributed by atoms with Crippen LogP contribution in [0.15, 0.2) is 42.5 Å². The summed E-state index contributed by atoms with van der Waals surface area (Å²) in [5, 5.41) is 0. The first kappa shape index (κ1) is 18.0. The SMILES string of the molecule is C=C1CCN(C(=O)OC(C)(C)C)[C@@H](C(=O)OCc2ccccc2)C1. The lowest BCUT2D eigenvalue weighted by Gasteiger charge is -2.36. The van der Waals surface area contributed by atoms with Gasteiger partial charge in [0.05, 0.1) is 0 Å². The molecule has 0 aromatic heterocycles. The maximum atomic E-state index is 12.5. The van der Waals surface area contributed by atoms with Gasteiger partial charge in [-0.2, -0.15) is 0 Å².